The molecule has 28 heavy (non-hydrogen) atoms. The molecular formula is C22H20N4OS. The first kappa shape index (κ1) is 18.1. The fraction of sp³-hybridized carbons (Fsp3) is 0.136. The van der Waals surface area contributed by atoms with Gasteiger partial charge >= 0.3 is 0 Å². The summed E-state index contributed by atoms with van der Waals surface area (Å²) in [5, 5.41) is 5.39. The maximum atomic E-state index is 5.87. The van der Waals surface area contributed by atoms with Crippen LogP contribution in [0.25, 0.3) is 10.2 Å². The summed E-state index contributed by atoms with van der Waals surface area (Å²) in [6, 6.07) is 18.0. The minimum atomic E-state index is 0.537. The Morgan fingerprint density at radius 3 is 2.79 bits per heavy atom. The normalized spacial score (nSPS) is 11.2. The predicted octanol–water partition coefficient (Wildman–Crippen LogP) is 5.33. The van der Waals surface area contributed by atoms with Crippen LogP contribution in [-0.2, 0) is 6.61 Å². The van der Waals surface area contributed by atoms with Crippen molar-refractivity contribution in [2.75, 3.05) is 5.43 Å². The molecule has 1 N–H and O–H groups in total. The average Bonchev–Trinajstić information content (AvgIpc) is 3.02. The number of aromatic nitrogens is 2. The predicted molar refractivity (Wildman–Crippen MR) is 115 cm³/mol. The Balaban J connectivity index is 1.45. The van der Waals surface area contributed by atoms with Crippen molar-refractivity contribution in [3.8, 4) is 5.75 Å². The van der Waals surface area contributed by atoms with Crippen LogP contribution in [0.3, 0.4) is 0 Å². The number of anilines is 1. The summed E-state index contributed by atoms with van der Waals surface area (Å²) in [4.78, 5) is 10.9. The van der Waals surface area contributed by atoms with E-state index in [1.165, 1.54) is 10.4 Å². The molecule has 0 saturated carbocycles. The Hall–Kier alpha value is -3.25. The van der Waals surface area contributed by atoms with Gasteiger partial charge in [-0.2, -0.15) is 5.10 Å². The number of thiophene rings is 1. The second-order valence-electron chi connectivity index (χ2n) is 6.40. The van der Waals surface area contributed by atoms with Crippen molar-refractivity contribution in [1.82, 2.24) is 9.97 Å². The van der Waals surface area contributed by atoms with Crippen molar-refractivity contribution >= 4 is 33.6 Å². The summed E-state index contributed by atoms with van der Waals surface area (Å²) in [7, 11) is 0. The standard InChI is InChI=1S/C22H20N4OS/c1-15-16(2)28-22-20(15)21(23-14-24-22)26-25-12-18-9-6-10-19(11-18)27-13-17-7-4-3-5-8-17/h3-12,14H,13H2,1-2H3,(H,23,24,26)/b25-12-. The smallest absolute Gasteiger partial charge is 0.158 e. The summed E-state index contributed by atoms with van der Waals surface area (Å²) in [5.41, 5.74) is 6.32. The van der Waals surface area contributed by atoms with Crippen molar-refractivity contribution in [3.05, 3.63) is 82.5 Å². The van der Waals surface area contributed by atoms with Crippen molar-refractivity contribution < 1.29 is 4.74 Å². The quantitative estimate of drug-likeness (QED) is 0.358. The van der Waals surface area contributed by atoms with E-state index in [1.807, 2.05) is 54.6 Å². The molecule has 0 aliphatic heterocycles. The summed E-state index contributed by atoms with van der Waals surface area (Å²) < 4.78 is 5.87. The Bertz CT molecular complexity index is 1120. The molecule has 4 rings (SSSR count). The zero-order valence-electron chi connectivity index (χ0n) is 15.7. The van der Waals surface area contributed by atoms with Crippen LogP contribution in [0, 0.1) is 13.8 Å². The third-order valence-corrected chi connectivity index (χ3v) is 5.57. The van der Waals surface area contributed by atoms with Crippen LogP contribution in [0.5, 0.6) is 5.75 Å². The van der Waals surface area contributed by atoms with Crippen LogP contribution in [0.2, 0.25) is 0 Å². The molecular weight excluding hydrogens is 368 g/mol. The van der Waals surface area contributed by atoms with Gasteiger partial charge in [-0.25, -0.2) is 9.97 Å². The molecule has 2 heterocycles. The Labute approximate surface area is 167 Å². The van der Waals surface area contributed by atoms with Gasteiger partial charge in [0.15, 0.2) is 5.82 Å². The van der Waals surface area contributed by atoms with E-state index in [0.717, 1.165) is 32.9 Å². The van der Waals surface area contributed by atoms with E-state index in [2.05, 4.69) is 34.3 Å². The van der Waals surface area contributed by atoms with Crippen LogP contribution in [0.1, 0.15) is 21.6 Å². The number of nitrogens with zero attached hydrogens (tertiary/aromatic N) is 3. The first-order valence-corrected chi connectivity index (χ1v) is 9.79. The lowest BCUT2D eigenvalue weighted by atomic mass is 10.2. The van der Waals surface area contributed by atoms with E-state index in [0.29, 0.717) is 6.61 Å². The van der Waals surface area contributed by atoms with Gasteiger partial charge in [-0.15, -0.1) is 11.3 Å². The SMILES string of the molecule is Cc1sc2ncnc(N/N=C\c3cccc(OCc4ccccc4)c3)c2c1C. The van der Waals surface area contributed by atoms with Gasteiger partial charge in [0.1, 0.15) is 23.5 Å². The van der Waals surface area contributed by atoms with Gasteiger partial charge < -0.3 is 4.74 Å². The van der Waals surface area contributed by atoms with Crippen LogP contribution < -0.4 is 10.2 Å². The summed E-state index contributed by atoms with van der Waals surface area (Å²) in [6.45, 7) is 4.71. The molecule has 0 aliphatic carbocycles. The number of hydrogen-bond donors (Lipinski definition) is 1. The van der Waals surface area contributed by atoms with E-state index >= 15 is 0 Å². The number of rotatable bonds is 6. The van der Waals surface area contributed by atoms with Gasteiger partial charge in [0.05, 0.1) is 11.6 Å². The highest BCUT2D eigenvalue weighted by Gasteiger charge is 2.11. The fourth-order valence-electron chi connectivity index (χ4n) is 2.86. The van der Waals surface area contributed by atoms with E-state index in [4.69, 9.17) is 4.74 Å². The van der Waals surface area contributed by atoms with Gasteiger partial charge in [-0.3, -0.25) is 5.43 Å². The second kappa shape index (κ2) is 8.19. The number of hydrazone groups is 1. The van der Waals surface area contributed by atoms with Crippen molar-refractivity contribution in [2.45, 2.75) is 20.5 Å². The molecule has 0 atom stereocenters. The molecule has 0 saturated heterocycles. The molecule has 140 valence electrons. The van der Waals surface area contributed by atoms with Crippen LogP contribution in [0.15, 0.2) is 66.0 Å². The number of fused-ring (bicyclic) bond motifs is 1. The number of ether oxygens (including phenoxy) is 1. The van der Waals surface area contributed by atoms with Crippen LogP contribution >= 0.6 is 11.3 Å². The van der Waals surface area contributed by atoms with Crippen molar-refractivity contribution in [2.24, 2.45) is 5.10 Å². The van der Waals surface area contributed by atoms with Crippen molar-refractivity contribution in [3.63, 3.8) is 0 Å². The highest BCUT2D eigenvalue weighted by Crippen LogP contribution is 2.32. The third-order valence-electron chi connectivity index (χ3n) is 4.46. The monoisotopic (exact) mass is 388 g/mol. The molecule has 2 aromatic heterocycles. The summed E-state index contributed by atoms with van der Waals surface area (Å²) in [5.74, 6) is 1.53. The third kappa shape index (κ3) is 4.02. The Morgan fingerprint density at radius 2 is 1.93 bits per heavy atom. The maximum Gasteiger partial charge on any atom is 0.158 e. The first-order valence-electron chi connectivity index (χ1n) is 8.97. The van der Waals surface area contributed by atoms with Gasteiger partial charge in [-0.1, -0.05) is 42.5 Å². The molecule has 0 bridgehead atoms. The molecule has 5 nitrogen and oxygen atoms in total. The van der Waals surface area contributed by atoms with E-state index < -0.39 is 0 Å². The van der Waals surface area contributed by atoms with Gasteiger partial charge in [-0.05, 0) is 42.7 Å². The molecule has 4 aromatic rings. The van der Waals surface area contributed by atoms with E-state index in [-0.39, 0.29) is 0 Å². The number of hydrogen-bond acceptors (Lipinski definition) is 6. The lowest BCUT2D eigenvalue weighted by Gasteiger charge is -2.07. The number of nitrogens with one attached hydrogen (secondary N) is 1. The molecule has 0 spiro atoms. The topological polar surface area (TPSA) is 59.4 Å². The highest BCUT2D eigenvalue weighted by molar-refractivity contribution is 7.18. The fourth-order valence-corrected chi connectivity index (χ4v) is 3.86. The summed E-state index contributed by atoms with van der Waals surface area (Å²) >= 11 is 1.67. The molecule has 2 aromatic carbocycles. The summed E-state index contributed by atoms with van der Waals surface area (Å²) in [6.07, 6.45) is 3.32. The van der Waals surface area contributed by atoms with Gasteiger partial charge in [0.25, 0.3) is 0 Å². The maximum absolute atomic E-state index is 5.87. The minimum Gasteiger partial charge on any atom is -0.489 e. The lowest BCUT2D eigenvalue weighted by Crippen LogP contribution is -1.97. The first-order chi connectivity index (χ1) is 13.7. The Morgan fingerprint density at radius 1 is 1.07 bits per heavy atom. The molecule has 0 aliphatic rings. The molecule has 0 amide bonds. The number of aryl methyl sites for hydroxylation is 2. The van der Waals surface area contributed by atoms with Crippen LogP contribution in [0.4, 0.5) is 5.82 Å². The molecule has 0 unspecified atom stereocenters. The number of benzene rings is 2. The molecule has 0 radical (unpaired) electrons. The Kier molecular flexibility index (Phi) is 5.30. The zero-order chi connectivity index (χ0) is 19.3. The van der Waals surface area contributed by atoms with Crippen LogP contribution in [-0.4, -0.2) is 16.2 Å². The van der Waals surface area contributed by atoms with Gasteiger partial charge in [0, 0.05) is 4.88 Å². The van der Waals surface area contributed by atoms with Gasteiger partial charge in [0.2, 0.25) is 0 Å². The second-order valence-corrected chi connectivity index (χ2v) is 7.61. The van der Waals surface area contributed by atoms with Crippen molar-refractivity contribution in [1.29, 1.82) is 0 Å². The average molecular weight is 388 g/mol. The largest absolute Gasteiger partial charge is 0.489 e. The lowest BCUT2D eigenvalue weighted by molar-refractivity contribution is 0.306. The molecule has 0 fully saturated rings. The minimum absolute atomic E-state index is 0.537. The van der Waals surface area contributed by atoms with E-state index in [1.54, 1.807) is 23.9 Å². The zero-order valence-corrected chi connectivity index (χ0v) is 16.5. The molecule has 6 heteroatoms. The van der Waals surface area contributed by atoms with E-state index in [9.17, 15) is 0 Å². The highest BCUT2D eigenvalue weighted by atomic mass is 32.1.